The molecule has 1 N–H and O–H groups in total. The summed E-state index contributed by atoms with van der Waals surface area (Å²) in [5.74, 6) is 3.46. The van der Waals surface area contributed by atoms with E-state index >= 15 is 0 Å². The highest BCUT2D eigenvalue weighted by molar-refractivity contribution is 4.87. The van der Waals surface area contributed by atoms with E-state index in [4.69, 9.17) is 6.42 Å². The molecule has 0 heterocycles. The first kappa shape index (κ1) is 15.5. The Balaban J connectivity index is 3.23. The number of hydrogen-bond donors (Lipinski definition) is 1. The lowest BCUT2D eigenvalue weighted by Gasteiger charge is -2.16. The van der Waals surface area contributed by atoms with Gasteiger partial charge in [0, 0.05) is 0 Å². The van der Waals surface area contributed by atoms with Gasteiger partial charge in [0.05, 0.1) is 6.54 Å². The van der Waals surface area contributed by atoms with Crippen molar-refractivity contribution in [3.8, 4) is 12.3 Å². The van der Waals surface area contributed by atoms with Crippen molar-refractivity contribution in [3.05, 3.63) is 0 Å². The number of unbranched alkanes of at least 4 members (excludes halogenated alkanes) is 2. The molecule has 0 saturated carbocycles. The molecule has 0 bridgehead atoms. The fourth-order valence-electron chi connectivity index (χ4n) is 1.63. The van der Waals surface area contributed by atoms with Crippen LogP contribution in [0.2, 0.25) is 0 Å². The fraction of sp³-hybridized carbons (Fsp3) is 0.857. The first-order chi connectivity index (χ1) is 7.70. The third-order valence-electron chi connectivity index (χ3n) is 2.64. The maximum absolute atomic E-state index is 5.30. The molecule has 0 amide bonds. The summed E-state index contributed by atoms with van der Waals surface area (Å²) in [4.78, 5) is 2.32. The van der Waals surface area contributed by atoms with Crippen LogP contribution in [0, 0.1) is 18.3 Å². The molecule has 0 aliphatic rings. The molecule has 2 heteroatoms. The molecule has 0 fully saturated rings. The van der Waals surface area contributed by atoms with Gasteiger partial charge in [0.2, 0.25) is 0 Å². The lowest BCUT2D eigenvalue weighted by atomic mass is 10.2. The molecule has 0 aliphatic carbocycles. The summed E-state index contributed by atoms with van der Waals surface area (Å²) in [6.45, 7) is 11.9. The van der Waals surface area contributed by atoms with E-state index in [9.17, 15) is 0 Å². The van der Waals surface area contributed by atoms with E-state index in [2.05, 4.69) is 36.9 Å². The van der Waals surface area contributed by atoms with Crippen LogP contribution >= 0.6 is 0 Å². The Bertz CT molecular complexity index is 182. The Morgan fingerprint density at radius 2 is 2.00 bits per heavy atom. The Labute approximate surface area is 102 Å². The van der Waals surface area contributed by atoms with E-state index in [1.165, 1.54) is 19.3 Å². The second-order valence-electron chi connectivity index (χ2n) is 4.73. The van der Waals surface area contributed by atoms with Crippen molar-refractivity contribution >= 4 is 0 Å². The highest BCUT2D eigenvalue weighted by Crippen LogP contribution is 1.98. The van der Waals surface area contributed by atoms with E-state index < -0.39 is 0 Å². The molecule has 0 aromatic heterocycles. The van der Waals surface area contributed by atoms with E-state index in [-0.39, 0.29) is 0 Å². The first-order valence-electron chi connectivity index (χ1n) is 6.57. The summed E-state index contributed by atoms with van der Waals surface area (Å²) in [7, 11) is 0. The SMILES string of the molecule is C#CCN(CC)CCCCCNCC(C)C. The van der Waals surface area contributed by atoms with Crippen molar-refractivity contribution in [1.29, 1.82) is 0 Å². The molecule has 0 rings (SSSR count). The Morgan fingerprint density at radius 3 is 2.56 bits per heavy atom. The molecule has 0 aliphatic heterocycles. The van der Waals surface area contributed by atoms with Crippen molar-refractivity contribution in [2.75, 3.05) is 32.7 Å². The van der Waals surface area contributed by atoms with Crippen LogP contribution in [0.1, 0.15) is 40.0 Å². The van der Waals surface area contributed by atoms with Gasteiger partial charge >= 0.3 is 0 Å². The summed E-state index contributed by atoms with van der Waals surface area (Å²) in [6, 6.07) is 0. The first-order valence-corrected chi connectivity index (χ1v) is 6.57. The smallest absolute Gasteiger partial charge is 0.0598 e. The van der Waals surface area contributed by atoms with Crippen LogP contribution in [-0.2, 0) is 0 Å². The zero-order valence-corrected chi connectivity index (χ0v) is 11.3. The maximum atomic E-state index is 5.30. The third-order valence-corrected chi connectivity index (χ3v) is 2.64. The predicted molar refractivity (Wildman–Crippen MR) is 72.5 cm³/mol. The van der Waals surface area contributed by atoms with Crippen LogP contribution in [0.3, 0.4) is 0 Å². The standard InChI is InChI=1S/C14H28N2/c1-5-11-16(6-2)12-9-7-8-10-15-13-14(3)4/h1,14-15H,6-13H2,2-4H3. The Kier molecular flexibility index (Phi) is 10.6. The van der Waals surface area contributed by atoms with Gasteiger partial charge in [-0.1, -0.05) is 33.1 Å². The molecule has 0 atom stereocenters. The Hall–Kier alpha value is -0.520. The third kappa shape index (κ3) is 10.0. The van der Waals surface area contributed by atoms with Gasteiger partial charge in [0.1, 0.15) is 0 Å². The summed E-state index contributed by atoms with van der Waals surface area (Å²) < 4.78 is 0. The zero-order valence-electron chi connectivity index (χ0n) is 11.3. The van der Waals surface area contributed by atoms with Crippen LogP contribution in [0.4, 0.5) is 0 Å². The molecule has 94 valence electrons. The van der Waals surface area contributed by atoms with Gasteiger partial charge in [-0.15, -0.1) is 6.42 Å². The normalized spacial score (nSPS) is 11.0. The molecule has 0 aromatic carbocycles. The molecular formula is C14H28N2. The van der Waals surface area contributed by atoms with Gasteiger partial charge in [-0.3, -0.25) is 4.90 Å². The number of hydrogen-bond acceptors (Lipinski definition) is 2. The highest BCUT2D eigenvalue weighted by atomic mass is 15.1. The number of nitrogens with zero attached hydrogens (tertiary/aromatic N) is 1. The maximum Gasteiger partial charge on any atom is 0.0598 e. The molecule has 0 radical (unpaired) electrons. The summed E-state index contributed by atoms with van der Waals surface area (Å²) in [5, 5.41) is 3.47. The molecule has 0 unspecified atom stereocenters. The molecule has 16 heavy (non-hydrogen) atoms. The van der Waals surface area contributed by atoms with Crippen LogP contribution in [0.25, 0.3) is 0 Å². The molecule has 0 saturated heterocycles. The van der Waals surface area contributed by atoms with Crippen LogP contribution < -0.4 is 5.32 Å². The lowest BCUT2D eigenvalue weighted by Crippen LogP contribution is -2.25. The summed E-state index contributed by atoms with van der Waals surface area (Å²) in [5.41, 5.74) is 0. The minimum atomic E-state index is 0.756. The van der Waals surface area contributed by atoms with Crippen molar-refractivity contribution < 1.29 is 0 Å². The zero-order chi connectivity index (χ0) is 12.2. The quantitative estimate of drug-likeness (QED) is 0.453. The van der Waals surface area contributed by atoms with Crippen molar-refractivity contribution in [2.45, 2.75) is 40.0 Å². The lowest BCUT2D eigenvalue weighted by molar-refractivity contribution is 0.314. The number of terminal acetylenes is 1. The monoisotopic (exact) mass is 224 g/mol. The number of nitrogens with one attached hydrogen (secondary N) is 1. The van der Waals surface area contributed by atoms with Gasteiger partial charge in [-0.2, -0.15) is 0 Å². The van der Waals surface area contributed by atoms with Crippen molar-refractivity contribution in [1.82, 2.24) is 10.2 Å². The summed E-state index contributed by atoms with van der Waals surface area (Å²) >= 11 is 0. The van der Waals surface area contributed by atoms with Crippen LogP contribution in [0.5, 0.6) is 0 Å². The molecular weight excluding hydrogens is 196 g/mol. The minimum Gasteiger partial charge on any atom is -0.316 e. The Morgan fingerprint density at radius 1 is 1.25 bits per heavy atom. The molecule has 0 spiro atoms. The van der Waals surface area contributed by atoms with Crippen LogP contribution in [-0.4, -0.2) is 37.6 Å². The predicted octanol–water partition coefficient (Wildman–Crippen LogP) is 2.36. The molecule has 0 aromatic rings. The van der Waals surface area contributed by atoms with E-state index in [0.29, 0.717) is 0 Å². The van der Waals surface area contributed by atoms with E-state index in [1.54, 1.807) is 0 Å². The van der Waals surface area contributed by atoms with Gasteiger partial charge < -0.3 is 5.32 Å². The average Bonchev–Trinajstić information content (AvgIpc) is 2.26. The fourth-order valence-corrected chi connectivity index (χ4v) is 1.63. The topological polar surface area (TPSA) is 15.3 Å². The van der Waals surface area contributed by atoms with Gasteiger partial charge in [-0.05, 0) is 44.9 Å². The van der Waals surface area contributed by atoms with Gasteiger partial charge in [0.15, 0.2) is 0 Å². The average molecular weight is 224 g/mol. The number of rotatable bonds is 10. The van der Waals surface area contributed by atoms with Crippen LogP contribution in [0.15, 0.2) is 0 Å². The van der Waals surface area contributed by atoms with Gasteiger partial charge in [-0.25, -0.2) is 0 Å². The van der Waals surface area contributed by atoms with Gasteiger partial charge in [0.25, 0.3) is 0 Å². The summed E-state index contributed by atoms with van der Waals surface area (Å²) in [6.07, 6.45) is 9.14. The second kappa shape index (κ2) is 11.0. The molecule has 2 nitrogen and oxygen atoms in total. The van der Waals surface area contributed by atoms with E-state index in [1.807, 2.05) is 0 Å². The minimum absolute atomic E-state index is 0.756. The van der Waals surface area contributed by atoms with Crippen molar-refractivity contribution in [3.63, 3.8) is 0 Å². The highest BCUT2D eigenvalue weighted by Gasteiger charge is 1.99. The second-order valence-corrected chi connectivity index (χ2v) is 4.73. The van der Waals surface area contributed by atoms with Crippen molar-refractivity contribution in [2.24, 2.45) is 5.92 Å². The van der Waals surface area contributed by atoms with E-state index in [0.717, 1.165) is 38.6 Å². The largest absolute Gasteiger partial charge is 0.316 e.